The molecule has 2 amide bonds. The van der Waals surface area contributed by atoms with E-state index in [0.717, 1.165) is 43.7 Å². The van der Waals surface area contributed by atoms with Gasteiger partial charge < -0.3 is 5.32 Å². The summed E-state index contributed by atoms with van der Waals surface area (Å²) >= 11 is 0. The average molecular weight is 330 g/mol. The van der Waals surface area contributed by atoms with Crippen LogP contribution in [0.1, 0.15) is 41.9 Å². The number of pyridine rings is 1. The van der Waals surface area contributed by atoms with Gasteiger partial charge in [-0.2, -0.15) is 0 Å². The maximum absolute atomic E-state index is 11.5. The number of rotatable bonds is 4. The molecular formula is C17H22N4O3. The first-order valence-corrected chi connectivity index (χ1v) is 8.08. The van der Waals surface area contributed by atoms with Crippen LogP contribution in [0.25, 0.3) is 0 Å². The summed E-state index contributed by atoms with van der Waals surface area (Å²) < 4.78 is 0. The summed E-state index contributed by atoms with van der Waals surface area (Å²) in [6, 6.07) is 1.97. The second kappa shape index (κ2) is 6.70. The Kier molecular flexibility index (Phi) is 4.64. The van der Waals surface area contributed by atoms with Gasteiger partial charge in [0, 0.05) is 44.9 Å². The van der Waals surface area contributed by atoms with Crippen molar-refractivity contribution in [2.75, 3.05) is 13.1 Å². The molecule has 2 heterocycles. The van der Waals surface area contributed by atoms with Gasteiger partial charge in [-0.05, 0) is 25.0 Å². The van der Waals surface area contributed by atoms with Crippen LogP contribution in [-0.4, -0.2) is 46.0 Å². The summed E-state index contributed by atoms with van der Waals surface area (Å²) in [4.78, 5) is 29.3. The highest BCUT2D eigenvalue weighted by Gasteiger charge is 2.29. The van der Waals surface area contributed by atoms with Crippen molar-refractivity contribution >= 4 is 11.8 Å². The molecule has 1 unspecified atom stereocenters. The van der Waals surface area contributed by atoms with Crippen LogP contribution in [0.3, 0.4) is 0 Å². The Hall–Kier alpha value is -2.25. The first-order valence-electron chi connectivity index (χ1n) is 8.08. The molecule has 0 radical (unpaired) electrons. The van der Waals surface area contributed by atoms with Gasteiger partial charge in [0.1, 0.15) is 0 Å². The Morgan fingerprint density at radius 2 is 2.25 bits per heavy atom. The zero-order chi connectivity index (χ0) is 17.3. The predicted octanol–water partition coefficient (Wildman–Crippen LogP) is 0.784. The molecule has 0 bridgehead atoms. The van der Waals surface area contributed by atoms with E-state index in [4.69, 9.17) is 5.21 Å². The van der Waals surface area contributed by atoms with E-state index in [9.17, 15) is 9.59 Å². The minimum absolute atomic E-state index is 0.00561. The summed E-state index contributed by atoms with van der Waals surface area (Å²) in [5, 5.41) is 11.7. The van der Waals surface area contributed by atoms with Gasteiger partial charge in [-0.1, -0.05) is 11.1 Å². The van der Waals surface area contributed by atoms with Crippen LogP contribution in [0.2, 0.25) is 0 Å². The number of hydrogen-bond donors (Lipinski definition) is 3. The number of carbonyl (C=O) groups excluding carboxylic acids is 2. The average Bonchev–Trinajstić information content (AvgIpc) is 2.58. The Balaban J connectivity index is 1.66. The van der Waals surface area contributed by atoms with Gasteiger partial charge in [0.25, 0.3) is 5.91 Å². The second-order valence-electron chi connectivity index (χ2n) is 6.48. The van der Waals surface area contributed by atoms with Crippen LogP contribution < -0.4 is 10.8 Å². The van der Waals surface area contributed by atoms with Gasteiger partial charge in [-0.25, -0.2) is 5.48 Å². The number of fused-ring (bicyclic) bond motifs is 1. The summed E-state index contributed by atoms with van der Waals surface area (Å²) in [7, 11) is 0. The zero-order valence-electron chi connectivity index (χ0n) is 13.9. The Bertz CT molecular complexity index is 714. The quantitative estimate of drug-likeness (QED) is 0.431. The fraction of sp³-hybridized carbons (Fsp3) is 0.471. The van der Waals surface area contributed by atoms with Crippen molar-refractivity contribution in [3.05, 3.63) is 40.2 Å². The van der Waals surface area contributed by atoms with E-state index >= 15 is 0 Å². The van der Waals surface area contributed by atoms with Gasteiger partial charge in [0.05, 0.1) is 11.6 Å². The monoisotopic (exact) mass is 330 g/mol. The molecule has 1 aromatic heterocycles. The maximum atomic E-state index is 11.5. The molecular weight excluding hydrogens is 308 g/mol. The molecule has 7 nitrogen and oxygen atoms in total. The molecule has 128 valence electrons. The molecule has 0 saturated carbocycles. The van der Waals surface area contributed by atoms with E-state index in [-0.39, 0.29) is 11.9 Å². The lowest BCUT2D eigenvalue weighted by Gasteiger charge is -2.36. The highest BCUT2D eigenvalue weighted by Crippen LogP contribution is 2.30. The first kappa shape index (κ1) is 16.6. The van der Waals surface area contributed by atoms with E-state index < -0.39 is 5.91 Å². The van der Waals surface area contributed by atoms with Crippen molar-refractivity contribution in [1.82, 2.24) is 20.7 Å². The number of nitrogens with zero attached hydrogens (tertiary/aromatic N) is 2. The molecule has 2 aliphatic rings. The number of aromatic nitrogens is 1. The fourth-order valence-electron chi connectivity index (χ4n) is 3.35. The van der Waals surface area contributed by atoms with Gasteiger partial charge in [-0.3, -0.25) is 24.7 Å². The van der Waals surface area contributed by atoms with Crippen LogP contribution in [0.5, 0.6) is 0 Å². The molecule has 3 N–H and O–H groups in total. The second-order valence-corrected chi connectivity index (χ2v) is 6.48. The Labute approximate surface area is 140 Å². The molecule has 0 fully saturated rings. The zero-order valence-corrected chi connectivity index (χ0v) is 13.9. The molecule has 7 heteroatoms. The molecule has 1 atom stereocenters. The number of carbonyl (C=O) groups is 2. The Morgan fingerprint density at radius 1 is 1.46 bits per heavy atom. The third-order valence-electron chi connectivity index (χ3n) is 4.81. The van der Waals surface area contributed by atoms with Crippen molar-refractivity contribution in [1.29, 1.82) is 0 Å². The van der Waals surface area contributed by atoms with E-state index in [0.29, 0.717) is 5.56 Å². The number of hydroxylamine groups is 1. The molecule has 24 heavy (non-hydrogen) atoms. The van der Waals surface area contributed by atoms with Crippen LogP contribution in [0.15, 0.2) is 23.4 Å². The maximum Gasteiger partial charge on any atom is 0.276 e. The summed E-state index contributed by atoms with van der Waals surface area (Å²) in [5.41, 5.74) is 6.66. The summed E-state index contributed by atoms with van der Waals surface area (Å²) in [6.07, 6.45) is 3.24. The molecule has 1 aliphatic carbocycles. The lowest BCUT2D eigenvalue weighted by molar-refractivity contribution is -0.119. The normalized spacial score (nSPS) is 20.2. The van der Waals surface area contributed by atoms with Crippen LogP contribution in [0.4, 0.5) is 0 Å². The van der Waals surface area contributed by atoms with E-state index in [2.05, 4.69) is 22.1 Å². The topological polar surface area (TPSA) is 94.6 Å². The van der Waals surface area contributed by atoms with Crippen molar-refractivity contribution < 1.29 is 14.8 Å². The third-order valence-corrected chi connectivity index (χ3v) is 4.81. The SMILES string of the molecule is CC(=O)NC1CC(CN2CCc3ncc(C(=O)NO)cc3C2)=C1C. The Morgan fingerprint density at radius 3 is 2.92 bits per heavy atom. The number of amides is 2. The lowest BCUT2D eigenvalue weighted by atomic mass is 9.83. The first-order chi connectivity index (χ1) is 11.5. The van der Waals surface area contributed by atoms with Crippen molar-refractivity contribution in [3.8, 4) is 0 Å². The predicted molar refractivity (Wildman–Crippen MR) is 87.4 cm³/mol. The van der Waals surface area contributed by atoms with Crippen molar-refractivity contribution in [2.45, 2.75) is 39.3 Å². The standard InChI is InChI=1S/C17H22N4O3/c1-10-13(6-16(10)19-11(2)22)8-21-4-3-15-14(9-21)5-12(7-18-15)17(23)20-24/h5,7,16,24H,3-4,6,8-9H2,1-2H3,(H,19,22)(H,20,23). The van der Waals surface area contributed by atoms with E-state index in [1.807, 2.05) is 0 Å². The number of hydrogen-bond acceptors (Lipinski definition) is 5. The van der Waals surface area contributed by atoms with Gasteiger partial charge >= 0.3 is 0 Å². The minimum Gasteiger partial charge on any atom is -0.350 e. The van der Waals surface area contributed by atoms with Gasteiger partial charge in [0.15, 0.2) is 0 Å². The highest BCUT2D eigenvalue weighted by molar-refractivity contribution is 5.93. The lowest BCUT2D eigenvalue weighted by Crippen LogP contribution is -2.43. The molecule has 3 rings (SSSR count). The number of nitrogens with one attached hydrogen (secondary N) is 2. The van der Waals surface area contributed by atoms with Crippen molar-refractivity contribution in [3.63, 3.8) is 0 Å². The third kappa shape index (κ3) is 3.32. The van der Waals surface area contributed by atoms with E-state index in [1.165, 1.54) is 17.3 Å². The van der Waals surface area contributed by atoms with Crippen LogP contribution in [0, 0.1) is 0 Å². The van der Waals surface area contributed by atoms with Gasteiger partial charge in [-0.15, -0.1) is 0 Å². The molecule has 1 aromatic rings. The fourth-order valence-corrected chi connectivity index (χ4v) is 3.35. The van der Waals surface area contributed by atoms with Crippen molar-refractivity contribution in [2.24, 2.45) is 0 Å². The van der Waals surface area contributed by atoms with Crippen LogP contribution in [-0.2, 0) is 17.8 Å². The molecule has 1 aliphatic heterocycles. The molecule has 0 saturated heterocycles. The van der Waals surface area contributed by atoms with Crippen LogP contribution >= 0.6 is 0 Å². The van der Waals surface area contributed by atoms with Gasteiger partial charge in [0.2, 0.25) is 5.91 Å². The van der Waals surface area contributed by atoms with E-state index in [1.54, 1.807) is 18.5 Å². The largest absolute Gasteiger partial charge is 0.350 e. The smallest absolute Gasteiger partial charge is 0.276 e. The molecule has 0 aromatic carbocycles. The highest BCUT2D eigenvalue weighted by atomic mass is 16.5. The molecule has 0 spiro atoms. The summed E-state index contributed by atoms with van der Waals surface area (Å²) in [5.74, 6) is -0.538. The summed E-state index contributed by atoms with van der Waals surface area (Å²) in [6.45, 7) is 6.14. The minimum atomic E-state index is -0.543.